The summed E-state index contributed by atoms with van der Waals surface area (Å²) in [7, 11) is 0. The summed E-state index contributed by atoms with van der Waals surface area (Å²) < 4.78 is 10.7. The van der Waals surface area contributed by atoms with Crippen LogP contribution in [0.4, 0.5) is 5.95 Å². The number of unbranched alkanes of at least 4 members (excludes halogenated alkanes) is 1. The number of nitrogens with zero attached hydrogens (tertiary/aromatic N) is 3. The van der Waals surface area contributed by atoms with Crippen molar-refractivity contribution in [3.05, 3.63) is 24.0 Å². The van der Waals surface area contributed by atoms with E-state index in [4.69, 9.17) is 14.9 Å². The highest BCUT2D eigenvalue weighted by Crippen LogP contribution is 2.28. The quantitative estimate of drug-likeness (QED) is 0.826. The molecule has 0 aliphatic heterocycles. The summed E-state index contributed by atoms with van der Waals surface area (Å²) in [4.78, 5) is 8.01. The highest BCUT2D eigenvalue weighted by atomic mass is 16.5. The molecule has 6 nitrogen and oxygen atoms in total. The third kappa shape index (κ3) is 2.83. The molecule has 0 fully saturated rings. The lowest BCUT2D eigenvalue weighted by molar-refractivity contribution is 0.297. The van der Waals surface area contributed by atoms with E-state index >= 15 is 0 Å². The zero-order valence-corrected chi connectivity index (χ0v) is 10.6. The number of nitriles is 1. The molecule has 0 unspecified atom stereocenters. The second-order valence-corrected chi connectivity index (χ2v) is 3.90. The summed E-state index contributed by atoms with van der Waals surface area (Å²) >= 11 is 0. The van der Waals surface area contributed by atoms with Crippen LogP contribution in [0.1, 0.15) is 25.3 Å². The van der Waals surface area contributed by atoms with Crippen molar-refractivity contribution in [1.29, 1.82) is 5.26 Å². The Morgan fingerprint density at radius 2 is 2.32 bits per heavy atom. The predicted molar refractivity (Wildman–Crippen MR) is 69.3 cm³/mol. The standard InChI is InChI=1S/C13H14N4O2/c1-2-3-6-19-12-9(8-14)11(16-13(15)17-12)10-5-4-7-18-10/h4-5,7H,2-3,6H2,1H3,(H2,15,16,17). The monoisotopic (exact) mass is 258 g/mol. The van der Waals surface area contributed by atoms with Crippen LogP contribution in [-0.2, 0) is 0 Å². The molecule has 0 saturated heterocycles. The van der Waals surface area contributed by atoms with E-state index < -0.39 is 0 Å². The largest absolute Gasteiger partial charge is 0.477 e. The zero-order chi connectivity index (χ0) is 13.7. The average molecular weight is 258 g/mol. The highest BCUT2D eigenvalue weighted by molar-refractivity contribution is 5.65. The number of nitrogen functional groups attached to an aromatic ring is 1. The molecule has 19 heavy (non-hydrogen) atoms. The minimum Gasteiger partial charge on any atom is -0.477 e. The maximum atomic E-state index is 9.25. The van der Waals surface area contributed by atoms with Crippen LogP contribution in [0.5, 0.6) is 5.88 Å². The van der Waals surface area contributed by atoms with E-state index in [2.05, 4.69) is 16.9 Å². The van der Waals surface area contributed by atoms with Crippen LogP contribution < -0.4 is 10.5 Å². The van der Waals surface area contributed by atoms with Crippen molar-refractivity contribution < 1.29 is 9.15 Å². The SMILES string of the molecule is CCCCOc1nc(N)nc(-c2ccco2)c1C#N. The number of hydrogen-bond acceptors (Lipinski definition) is 6. The van der Waals surface area contributed by atoms with Gasteiger partial charge in [0.15, 0.2) is 5.76 Å². The van der Waals surface area contributed by atoms with E-state index in [-0.39, 0.29) is 17.4 Å². The molecule has 0 aromatic carbocycles. The fourth-order valence-corrected chi connectivity index (χ4v) is 1.57. The van der Waals surface area contributed by atoms with Crippen LogP contribution in [0.15, 0.2) is 22.8 Å². The molecular weight excluding hydrogens is 244 g/mol. The van der Waals surface area contributed by atoms with Crippen molar-refractivity contribution in [3.8, 4) is 23.4 Å². The number of anilines is 1. The smallest absolute Gasteiger partial charge is 0.237 e. The molecule has 0 aliphatic rings. The van der Waals surface area contributed by atoms with Crippen LogP contribution >= 0.6 is 0 Å². The summed E-state index contributed by atoms with van der Waals surface area (Å²) in [5.41, 5.74) is 6.23. The van der Waals surface area contributed by atoms with Crippen LogP contribution in [-0.4, -0.2) is 16.6 Å². The van der Waals surface area contributed by atoms with Gasteiger partial charge in [0.2, 0.25) is 11.8 Å². The topological polar surface area (TPSA) is 98.0 Å². The fraction of sp³-hybridized carbons (Fsp3) is 0.308. The van der Waals surface area contributed by atoms with Crippen molar-refractivity contribution in [2.75, 3.05) is 12.3 Å². The third-order valence-electron chi connectivity index (χ3n) is 2.50. The molecular formula is C13H14N4O2. The summed E-state index contributed by atoms with van der Waals surface area (Å²) in [6.45, 7) is 2.54. The van der Waals surface area contributed by atoms with Crippen LogP contribution in [0.2, 0.25) is 0 Å². The molecule has 2 heterocycles. The maximum Gasteiger partial charge on any atom is 0.237 e. The first-order valence-corrected chi connectivity index (χ1v) is 6.00. The number of furan rings is 1. The Kier molecular flexibility index (Phi) is 3.98. The first-order chi connectivity index (χ1) is 9.26. The molecule has 98 valence electrons. The molecule has 2 N–H and O–H groups in total. The van der Waals surface area contributed by atoms with E-state index in [1.165, 1.54) is 6.26 Å². The molecule has 2 rings (SSSR count). The van der Waals surface area contributed by atoms with Gasteiger partial charge >= 0.3 is 0 Å². The molecule has 0 radical (unpaired) electrons. The first kappa shape index (κ1) is 12.9. The van der Waals surface area contributed by atoms with Crippen molar-refractivity contribution in [3.63, 3.8) is 0 Å². The normalized spacial score (nSPS) is 10.1. The van der Waals surface area contributed by atoms with E-state index in [0.717, 1.165) is 12.8 Å². The number of ether oxygens (including phenoxy) is 1. The van der Waals surface area contributed by atoms with Crippen LogP contribution in [0.3, 0.4) is 0 Å². The van der Waals surface area contributed by atoms with Gasteiger partial charge in [-0.3, -0.25) is 0 Å². The molecule has 0 saturated carbocycles. The lowest BCUT2D eigenvalue weighted by atomic mass is 10.2. The second kappa shape index (κ2) is 5.87. The Morgan fingerprint density at radius 1 is 1.47 bits per heavy atom. The van der Waals surface area contributed by atoms with Gasteiger partial charge in [-0.05, 0) is 18.6 Å². The van der Waals surface area contributed by atoms with Crippen molar-refractivity contribution in [1.82, 2.24) is 9.97 Å². The third-order valence-corrected chi connectivity index (χ3v) is 2.50. The molecule has 0 aliphatic carbocycles. The highest BCUT2D eigenvalue weighted by Gasteiger charge is 2.18. The average Bonchev–Trinajstić information content (AvgIpc) is 2.92. The second-order valence-electron chi connectivity index (χ2n) is 3.90. The Balaban J connectivity index is 2.41. The first-order valence-electron chi connectivity index (χ1n) is 6.00. The van der Waals surface area contributed by atoms with Gasteiger partial charge in [0.25, 0.3) is 0 Å². The Hall–Kier alpha value is -2.55. The van der Waals surface area contributed by atoms with Gasteiger partial charge in [-0.1, -0.05) is 13.3 Å². The van der Waals surface area contributed by atoms with Gasteiger partial charge in [0, 0.05) is 0 Å². The molecule has 0 bridgehead atoms. The van der Waals surface area contributed by atoms with Gasteiger partial charge in [0.05, 0.1) is 12.9 Å². The van der Waals surface area contributed by atoms with Crippen LogP contribution in [0, 0.1) is 11.3 Å². The number of rotatable bonds is 5. The van der Waals surface area contributed by atoms with E-state index in [1.54, 1.807) is 12.1 Å². The Bertz CT molecular complexity index is 587. The van der Waals surface area contributed by atoms with E-state index in [1.807, 2.05) is 6.07 Å². The fourth-order valence-electron chi connectivity index (χ4n) is 1.57. The molecule has 6 heteroatoms. The minimum absolute atomic E-state index is 0.0527. The van der Waals surface area contributed by atoms with Crippen LogP contribution in [0.25, 0.3) is 11.5 Å². The maximum absolute atomic E-state index is 9.25. The van der Waals surface area contributed by atoms with Crippen molar-refractivity contribution >= 4 is 5.95 Å². The lowest BCUT2D eigenvalue weighted by Gasteiger charge is -2.09. The number of aromatic nitrogens is 2. The molecule has 0 spiro atoms. The van der Waals surface area contributed by atoms with Gasteiger partial charge in [-0.25, -0.2) is 4.98 Å². The van der Waals surface area contributed by atoms with E-state index in [9.17, 15) is 5.26 Å². The predicted octanol–water partition coefficient (Wildman–Crippen LogP) is 2.37. The summed E-state index contributed by atoms with van der Waals surface area (Å²) in [5.74, 6) is 0.720. The molecule has 2 aromatic heterocycles. The van der Waals surface area contributed by atoms with Gasteiger partial charge in [-0.2, -0.15) is 10.2 Å². The van der Waals surface area contributed by atoms with Gasteiger partial charge in [0.1, 0.15) is 17.3 Å². The summed E-state index contributed by atoms with van der Waals surface area (Å²) in [6.07, 6.45) is 3.38. The summed E-state index contributed by atoms with van der Waals surface area (Å²) in [5, 5.41) is 9.25. The van der Waals surface area contributed by atoms with Gasteiger partial charge in [-0.15, -0.1) is 0 Å². The summed E-state index contributed by atoms with van der Waals surface area (Å²) in [6, 6.07) is 5.46. The Morgan fingerprint density at radius 3 is 2.95 bits per heavy atom. The molecule has 0 atom stereocenters. The molecule has 0 amide bonds. The lowest BCUT2D eigenvalue weighted by Crippen LogP contribution is -2.06. The van der Waals surface area contributed by atoms with Gasteiger partial charge < -0.3 is 14.9 Å². The van der Waals surface area contributed by atoms with Crippen molar-refractivity contribution in [2.24, 2.45) is 0 Å². The number of nitrogens with two attached hydrogens (primary N) is 1. The number of hydrogen-bond donors (Lipinski definition) is 1. The van der Waals surface area contributed by atoms with Crippen molar-refractivity contribution in [2.45, 2.75) is 19.8 Å². The van der Waals surface area contributed by atoms with E-state index in [0.29, 0.717) is 18.1 Å². The molecule has 2 aromatic rings. The minimum atomic E-state index is 0.0527. The Labute approximate surface area is 110 Å². The zero-order valence-electron chi connectivity index (χ0n) is 10.6.